The van der Waals surface area contributed by atoms with Crippen LogP contribution in [0.3, 0.4) is 0 Å². The Morgan fingerprint density at radius 3 is 2.76 bits per heavy atom. The van der Waals surface area contributed by atoms with E-state index in [4.69, 9.17) is 4.74 Å². The van der Waals surface area contributed by atoms with Gasteiger partial charge in [0.25, 0.3) is 0 Å². The second kappa shape index (κ2) is 7.78. The first-order valence-electron chi connectivity index (χ1n) is 7.23. The third-order valence-electron chi connectivity index (χ3n) is 3.84. The largest absolute Gasteiger partial charge is 0.375 e. The number of likely N-dealkylation sites (N-methyl/N-ethyl adjacent to an activating group) is 1. The summed E-state index contributed by atoms with van der Waals surface area (Å²) in [6.07, 6.45) is -0.0908. The first-order valence-corrected chi connectivity index (χ1v) is 7.23. The maximum absolute atomic E-state index is 12.6. The van der Waals surface area contributed by atoms with Crippen LogP contribution in [-0.4, -0.2) is 38.3 Å². The molecule has 1 heterocycles. The molecule has 1 N–H and O–H groups in total. The Hall–Kier alpha value is -1.10. The minimum atomic E-state index is -0.267. The lowest BCUT2D eigenvalue weighted by Crippen LogP contribution is -2.55. The monoisotopic (exact) mass is 312 g/mol. The zero-order valence-corrected chi connectivity index (χ0v) is 13.9. The number of nitrogens with one attached hydrogen (secondary N) is 1. The Kier molecular flexibility index (Phi) is 6.65. The van der Waals surface area contributed by atoms with E-state index in [1.165, 1.54) is 5.56 Å². The average Bonchev–Trinajstić information content (AvgIpc) is 2.46. The summed E-state index contributed by atoms with van der Waals surface area (Å²) >= 11 is 0. The van der Waals surface area contributed by atoms with Crippen molar-refractivity contribution >= 4 is 24.0 Å². The SMILES string of the molecule is CC(C)c1cccc(N(C)C(=O)[C@H]2NCCO[C@@H]2C)c1.Cl. The van der Waals surface area contributed by atoms with Crippen LogP contribution in [0.4, 0.5) is 5.69 Å². The smallest absolute Gasteiger partial charge is 0.246 e. The van der Waals surface area contributed by atoms with Crippen molar-refractivity contribution in [2.75, 3.05) is 25.1 Å². The van der Waals surface area contributed by atoms with Crippen LogP contribution in [0.5, 0.6) is 0 Å². The van der Waals surface area contributed by atoms with Gasteiger partial charge in [0, 0.05) is 19.3 Å². The van der Waals surface area contributed by atoms with Crippen LogP contribution in [-0.2, 0) is 9.53 Å². The lowest BCUT2D eigenvalue weighted by atomic mass is 10.0. The van der Waals surface area contributed by atoms with E-state index in [9.17, 15) is 4.79 Å². The third-order valence-corrected chi connectivity index (χ3v) is 3.84. The molecule has 2 atom stereocenters. The minimum Gasteiger partial charge on any atom is -0.375 e. The highest BCUT2D eigenvalue weighted by atomic mass is 35.5. The molecule has 1 aliphatic rings. The third kappa shape index (κ3) is 4.19. The molecule has 118 valence electrons. The van der Waals surface area contributed by atoms with Gasteiger partial charge in [-0.05, 0) is 30.5 Å². The quantitative estimate of drug-likeness (QED) is 0.932. The highest BCUT2D eigenvalue weighted by Gasteiger charge is 2.31. The molecule has 1 amide bonds. The molecule has 0 spiro atoms. The van der Waals surface area contributed by atoms with E-state index in [0.717, 1.165) is 12.2 Å². The number of hydrogen-bond acceptors (Lipinski definition) is 3. The van der Waals surface area contributed by atoms with Crippen molar-refractivity contribution in [1.29, 1.82) is 0 Å². The number of anilines is 1. The molecular weight excluding hydrogens is 288 g/mol. The fourth-order valence-electron chi connectivity index (χ4n) is 2.44. The number of benzene rings is 1. The molecule has 1 saturated heterocycles. The highest BCUT2D eigenvalue weighted by molar-refractivity contribution is 5.97. The van der Waals surface area contributed by atoms with Gasteiger partial charge in [0.2, 0.25) is 5.91 Å². The molecule has 0 radical (unpaired) electrons. The zero-order valence-electron chi connectivity index (χ0n) is 13.1. The summed E-state index contributed by atoms with van der Waals surface area (Å²) in [5, 5.41) is 3.24. The van der Waals surface area contributed by atoms with E-state index in [0.29, 0.717) is 12.5 Å². The lowest BCUT2D eigenvalue weighted by molar-refractivity contribution is -0.126. The number of nitrogens with zero attached hydrogens (tertiary/aromatic N) is 1. The lowest BCUT2D eigenvalue weighted by Gasteiger charge is -2.32. The summed E-state index contributed by atoms with van der Waals surface area (Å²) in [6.45, 7) is 7.63. The van der Waals surface area contributed by atoms with Crippen LogP contribution < -0.4 is 10.2 Å². The van der Waals surface area contributed by atoms with Crippen molar-refractivity contribution in [2.24, 2.45) is 0 Å². The van der Waals surface area contributed by atoms with E-state index in [2.05, 4.69) is 31.3 Å². The Labute approximate surface area is 133 Å². The van der Waals surface area contributed by atoms with Crippen LogP contribution in [0, 0.1) is 0 Å². The second-order valence-corrected chi connectivity index (χ2v) is 5.65. The molecule has 0 bridgehead atoms. The standard InChI is InChI=1S/C16H24N2O2.ClH/c1-11(2)13-6-5-7-14(10-13)18(4)16(19)15-12(3)20-9-8-17-15;/h5-7,10-12,15,17H,8-9H2,1-4H3;1H/t12-,15+;/m1./s1. The topological polar surface area (TPSA) is 41.6 Å². The Bertz CT molecular complexity index is 479. The summed E-state index contributed by atoms with van der Waals surface area (Å²) < 4.78 is 5.55. The Morgan fingerprint density at radius 1 is 1.43 bits per heavy atom. The van der Waals surface area contributed by atoms with Gasteiger partial charge < -0.3 is 15.0 Å². The van der Waals surface area contributed by atoms with E-state index in [1.54, 1.807) is 4.90 Å². The number of morpholine rings is 1. The summed E-state index contributed by atoms with van der Waals surface area (Å²) in [4.78, 5) is 14.3. The maximum Gasteiger partial charge on any atom is 0.246 e. The molecule has 4 nitrogen and oxygen atoms in total. The number of rotatable bonds is 3. The number of carbonyl (C=O) groups excluding carboxylic acids is 1. The molecule has 5 heteroatoms. The molecule has 1 aliphatic heterocycles. The van der Waals surface area contributed by atoms with Crippen LogP contribution >= 0.6 is 12.4 Å². The number of halogens is 1. The van der Waals surface area contributed by atoms with Crippen LogP contribution in [0.15, 0.2) is 24.3 Å². The first kappa shape index (κ1) is 18.0. The van der Waals surface area contributed by atoms with Gasteiger partial charge in [-0.15, -0.1) is 12.4 Å². The Balaban J connectivity index is 0.00000220. The van der Waals surface area contributed by atoms with Crippen molar-refractivity contribution in [3.63, 3.8) is 0 Å². The fourth-order valence-corrected chi connectivity index (χ4v) is 2.44. The number of ether oxygens (including phenoxy) is 1. The van der Waals surface area contributed by atoms with Gasteiger partial charge in [0.05, 0.1) is 12.7 Å². The molecule has 2 rings (SSSR count). The van der Waals surface area contributed by atoms with Crippen molar-refractivity contribution in [2.45, 2.75) is 38.8 Å². The summed E-state index contributed by atoms with van der Waals surface area (Å²) in [7, 11) is 1.82. The van der Waals surface area contributed by atoms with E-state index in [1.807, 2.05) is 26.1 Å². The molecule has 1 aromatic rings. The molecule has 21 heavy (non-hydrogen) atoms. The second-order valence-electron chi connectivity index (χ2n) is 5.65. The number of hydrogen-bond donors (Lipinski definition) is 1. The molecule has 0 aliphatic carbocycles. The number of carbonyl (C=O) groups is 1. The van der Waals surface area contributed by atoms with E-state index < -0.39 is 0 Å². The van der Waals surface area contributed by atoms with Crippen LogP contribution in [0.2, 0.25) is 0 Å². The van der Waals surface area contributed by atoms with Gasteiger partial charge in [-0.25, -0.2) is 0 Å². The van der Waals surface area contributed by atoms with Crippen LogP contribution in [0.25, 0.3) is 0 Å². The average molecular weight is 313 g/mol. The maximum atomic E-state index is 12.6. The molecule has 1 fully saturated rings. The summed E-state index contributed by atoms with van der Waals surface area (Å²) in [5.74, 6) is 0.506. The van der Waals surface area contributed by atoms with E-state index >= 15 is 0 Å². The van der Waals surface area contributed by atoms with Gasteiger partial charge in [-0.1, -0.05) is 26.0 Å². The predicted molar refractivity (Wildman–Crippen MR) is 88.4 cm³/mol. The fraction of sp³-hybridized carbons (Fsp3) is 0.562. The normalized spacial score (nSPS) is 21.8. The Morgan fingerprint density at radius 2 is 2.14 bits per heavy atom. The van der Waals surface area contributed by atoms with Crippen molar-refractivity contribution in [3.8, 4) is 0 Å². The highest BCUT2D eigenvalue weighted by Crippen LogP contribution is 2.22. The van der Waals surface area contributed by atoms with Gasteiger partial charge in [-0.3, -0.25) is 4.79 Å². The van der Waals surface area contributed by atoms with Gasteiger partial charge in [0.1, 0.15) is 6.04 Å². The summed E-state index contributed by atoms with van der Waals surface area (Å²) in [6, 6.07) is 7.88. The molecule has 0 unspecified atom stereocenters. The molecule has 0 saturated carbocycles. The minimum absolute atomic E-state index is 0. The summed E-state index contributed by atoms with van der Waals surface area (Å²) in [5.41, 5.74) is 2.17. The predicted octanol–water partition coefficient (Wildman–Crippen LogP) is 2.57. The van der Waals surface area contributed by atoms with Gasteiger partial charge in [0.15, 0.2) is 0 Å². The van der Waals surface area contributed by atoms with E-state index in [-0.39, 0.29) is 30.5 Å². The molecular formula is C16H25ClN2O2. The molecule has 0 aromatic heterocycles. The van der Waals surface area contributed by atoms with Crippen molar-refractivity contribution < 1.29 is 9.53 Å². The first-order chi connectivity index (χ1) is 9.50. The van der Waals surface area contributed by atoms with Crippen molar-refractivity contribution in [3.05, 3.63) is 29.8 Å². The van der Waals surface area contributed by atoms with Crippen molar-refractivity contribution in [1.82, 2.24) is 5.32 Å². The van der Waals surface area contributed by atoms with Gasteiger partial charge in [-0.2, -0.15) is 0 Å². The zero-order chi connectivity index (χ0) is 14.7. The van der Waals surface area contributed by atoms with Crippen LogP contribution in [0.1, 0.15) is 32.3 Å². The van der Waals surface area contributed by atoms with Gasteiger partial charge >= 0.3 is 0 Å². The molecule has 1 aromatic carbocycles. The number of amides is 1.